The number of anilines is 1. The monoisotopic (exact) mass is 439 g/mol. The van der Waals surface area contributed by atoms with Crippen molar-refractivity contribution in [3.05, 3.63) is 47.8 Å². The number of nitrogens with zero attached hydrogens (tertiary/aromatic N) is 5. The van der Waals surface area contributed by atoms with Gasteiger partial charge >= 0.3 is 0 Å². The summed E-state index contributed by atoms with van der Waals surface area (Å²) in [6.45, 7) is 5.68. The van der Waals surface area contributed by atoms with Crippen LogP contribution in [0.3, 0.4) is 0 Å². The van der Waals surface area contributed by atoms with Gasteiger partial charge in [-0.25, -0.2) is 0 Å². The molecule has 8 nitrogen and oxygen atoms in total. The van der Waals surface area contributed by atoms with Crippen LogP contribution in [0.1, 0.15) is 36.8 Å². The summed E-state index contributed by atoms with van der Waals surface area (Å²) < 4.78 is 1.86. The summed E-state index contributed by atoms with van der Waals surface area (Å²) >= 11 is 0. The van der Waals surface area contributed by atoms with Crippen molar-refractivity contribution in [1.82, 2.24) is 25.3 Å². The van der Waals surface area contributed by atoms with E-state index < -0.39 is 0 Å². The average Bonchev–Trinajstić information content (AvgIpc) is 3.25. The lowest BCUT2D eigenvalue weighted by Gasteiger charge is -2.34. The lowest BCUT2D eigenvalue weighted by Crippen LogP contribution is -2.51. The van der Waals surface area contributed by atoms with Crippen molar-refractivity contribution in [3.63, 3.8) is 0 Å². The zero-order chi connectivity index (χ0) is 22.3. The van der Waals surface area contributed by atoms with E-state index in [4.69, 9.17) is 0 Å². The van der Waals surface area contributed by atoms with E-state index >= 15 is 0 Å². The number of rotatable bonds is 6. The minimum atomic E-state index is -0.116. The Balaban J connectivity index is 1.23. The first-order valence-corrected chi connectivity index (χ1v) is 11.8. The van der Waals surface area contributed by atoms with Gasteiger partial charge in [-0.1, -0.05) is 24.3 Å². The SMILES string of the molecule is CN=C(NCc1ccc(CN2CCC(O)CC2)cc1)NC1CCCN(c2cnn(C)c2)C1. The molecule has 0 aliphatic carbocycles. The maximum absolute atomic E-state index is 9.67. The van der Waals surface area contributed by atoms with Crippen molar-refractivity contribution in [1.29, 1.82) is 0 Å². The molecular weight excluding hydrogens is 402 g/mol. The van der Waals surface area contributed by atoms with Crippen LogP contribution in [-0.2, 0) is 20.1 Å². The number of aliphatic hydroxyl groups is 1. The summed E-state index contributed by atoms with van der Waals surface area (Å²) in [5.41, 5.74) is 3.75. The molecule has 0 spiro atoms. The molecule has 0 saturated carbocycles. The van der Waals surface area contributed by atoms with Crippen molar-refractivity contribution in [3.8, 4) is 0 Å². The van der Waals surface area contributed by atoms with Crippen LogP contribution in [0, 0.1) is 0 Å². The van der Waals surface area contributed by atoms with Gasteiger partial charge in [-0.2, -0.15) is 5.10 Å². The van der Waals surface area contributed by atoms with Gasteiger partial charge in [0, 0.05) is 65.6 Å². The topological polar surface area (TPSA) is 81.0 Å². The summed E-state index contributed by atoms with van der Waals surface area (Å²) in [5.74, 6) is 0.846. The van der Waals surface area contributed by atoms with E-state index in [1.54, 1.807) is 0 Å². The summed E-state index contributed by atoms with van der Waals surface area (Å²) in [7, 11) is 3.79. The molecule has 1 aromatic carbocycles. The molecule has 2 aromatic rings. The van der Waals surface area contributed by atoms with Crippen molar-refractivity contribution >= 4 is 11.6 Å². The average molecular weight is 440 g/mol. The molecule has 4 rings (SSSR count). The van der Waals surface area contributed by atoms with Crippen molar-refractivity contribution in [2.24, 2.45) is 12.0 Å². The highest BCUT2D eigenvalue weighted by molar-refractivity contribution is 5.80. The van der Waals surface area contributed by atoms with Crippen LogP contribution in [-0.4, -0.2) is 71.1 Å². The number of nitrogens with one attached hydrogen (secondary N) is 2. The van der Waals surface area contributed by atoms with Crippen LogP contribution < -0.4 is 15.5 Å². The van der Waals surface area contributed by atoms with E-state index in [0.29, 0.717) is 6.04 Å². The predicted molar refractivity (Wildman–Crippen MR) is 129 cm³/mol. The molecule has 0 bridgehead atoms. The number of aryl methyl sites for hydroxylation is 1. The summed E-state index contributed by atoms with van der Waals surface area (Å²) in [6, 6.07) is 9.18. The maximum Gasteiger partial charge on any atom is 0.191 e. The van der Waals surface area contributed by atoms with E-state index in [1.165, 1.54) is 16.8 Å². The van der Waals surface area contributed by atoms with Crippen LogP contribution in [0.2, 0.25) is 0 Å². The second-order valence-electron chi connectivity index (χ2n) is 9.05. The number of hydrogen-bond acceptors (Lipinski definition) is 5. The highest BCUT2D eigenvalue weighted by Crippen LogP contribution is 2.19. The first-order chi connectivity index (χ1) is 15.6. The van der Waals surface area contributed by atoms with Gasteiger partial charge in [0.2, 0.25) is 0 Å². The Labute approximate surface area is 191 Å². The molecule has 2 saturated heterocycles. The van der Waals surface area contributed by atoms with E-state index in [0.717, 1.165) is 70.9 Å². The van der Waals surface area contributed by atoms with Gasteiger partial charge in [-0.15, -0.1) is 0 Å². The molecule has 8 heteroatoms. The lowest BCUT2D eigenvalue weighted by atomic mass is 10.1. The van der Waals surface area contributed by atoms with Crippen LogP contribution in [0.25, 0.3) is 0 Å². The highest BCUT2D eigenvalue weighted by Gasteiger charge is 2.22. The highest BCUT2D eigenvalue weighted by atomic mass is 16.3. The molecule has 2 fully saturated rings. The fraction of sp³-hybridized carbons (Fsp3) is 0.583. The molecule has 32 heavy (non-hydrogen) atoms. The molecular formula is C24H37N7O. The zero-order valence-electron chi connectivity index (χ0n) is 19.4. The Morgan fingerprint density at radius 1 is 1.12 bits per heavy atom. The number of piperidine rings is 2. The van der Waals surface area contributed by atoms with Crippen molar-refractivity contribution in [2.45, 2.75) is 50.9 Å². The third kappa shape index (κ3) is 6.23. The largest absolute Gasteiger partial charge is 0.393 e. The minimum absolute atomic E-state index is 0.116. The number of benzene rings is 1. The van der Waals surface area contributed by atoms with Crippen molar-refractivity contribution < 1.29 is 5.11 Å². The standard InChI is InChI=1S/C24H37N7O/c1-25-24(28-21-4-3-11-31(17-21)22-15-27-29(2)18-22)26-14-19-5-7-20(8-6-19)16-30-12-9-23(32)10-13-30/h5-8,15,18,21,23,32H,3-4,9-14,16-17H2,1-2H3,(H2,25,26,28). The zero-order valence-corrected chi connectivity index (χ0v) is 19.4. The second kappa shape index (κ2) is 10.8. The van der Waals surface area contributed by atoms with E-state index in [2.05, 4.69) is 61.0 Å². The quantitative estimate of drug-likeness (QED) is 0.470. The smallest absolute Gasteiger partial charge is 0.191 e. The summed E-state index contributed by atoms with van der Waals surface area (Å²) in [4.78, 5) is 9.25. The van der Waals surface area contributed by atoms with Gasteiger partial charge in [0.05, 0.1) is 18.0 Å². The first kappa shape index (κ1) is 22.6. The number of guanidine groups is 1. The Kier molecular flexibility index (Phi) is 7.65. The lowest BCUT2D eigenvalue weighted by molar-refractivity contribution is 0.0792. The molecule has 0 amide bonds. The van der Waals surface area contributed by atoms with Gasteiger partial charge in [0.15, 0.2) is 5.96 Å². The fourth-order valence-corrected chi connectivity index (χ4v) is 4.57. The normalized spacial score (nSPS) is 21.0. The Morgan fingerprint density at radius 2 is 1.88 bits per heavy atom. The molecule has 0 radical (unpaired) electrons. The molecule has 1 unspecified atom stereocenters. The number of likely N-dealkylation sites (tertiary alicyclic amines) is 1. The van der Waals surface area contributed by atoms with Gasteiger partial charge in [-0.05, 0) is 36.8 Å². The number of aliphatic hydroxyl groups excluding tert-OH is 1. The molecule has 174 valence electrons. The molecule has 1 atom stereocenters. The third-order valence-electron chi connectivity index (χ3n) is 6.49. The third-order valence-corrected chi connectivity index (χ3v) is 6.49. The summed E-state index contributed by atoms with van der Waals surface area (Å²) in [5, 5.41) is 21.0. The Hall–Kier alpha value is -2.58. The first-order valence-electron chi connectivity index (χ1n) is 11.8. The number of aliphatic imine (C=N–C) groups is 1. The summed E-state index contributed by atoms with van der Waals surface area (Å²) in [6.07, 6.45) is 7.96. The van der Waals surface area contributed by atoms with E-state index in [-0.39, 0.29) is 6.10 Å². The second-order valence-corrected chi connectivity index (χ2v) is 9.05. The van der Waals surface area contributed by atoms with Crippen LogP contribution in [0.5, 0.6) is 0 Å². The molecule has 1 aromatic heterocycles. The van der Waals surface area contributed by atoms with Gasteiger partial charge in [0.25, 0.3) is 0 Å². The number of hydrogen-bond donors (Lipinski definition) is 3. The predicted octanol–water partition coefficient (Wildman–Crippen LogP) is 1.71. The molecule has 2 aliphatic heterocycles. The van der Waals surface area contributed by atoms with E-state index in [1.807, 2.05) is 25.0 Å². The van der Waals surface area contributed by atoms with Gasteiger partial charge in [-0.3, -0.25) is 14.6 Å². The van der Waals surface area contributed by atoms with Crippen LogP contribution in [0.15, 0.2) is 41.7 Å². The van der Waals surface area contributed by atoms with E-state index in [9.17, 15) is 5.11 Å². The molecule has 3 N–H and O–H groups in total. The Bertz CT molecular complexity index is 871. The molecule has 2 aliphatic rings. The molecule has 3 heterocycles. The minimum Gasteiger partial charge on any atom is -0.393 e. The Morgan fingerprint density at radius 3 is 2.56 bits per heavy atom. The van der Waals surface area contributed by atoms with Crippen LogP contribution >= 0.6 is 0 Å². The van der Waals surface area contributed by atoms with Gasteiger partial charge in [0.1, 0.15) is 0 Å². The number of aromatic nitrogens is 2. The van der Waals surface area contributed by atoms with Crippen LogP contribution in [0.4, 0.5) is 5.69 Å². The van der Waals surface area contributed by atoms with Gasteiger partial charge < -0.3 is 20.6 Å². The maximum atomic E-state index is 9.67. The fourth-order valence-electron chi connectivity index (χ4n) is 4.57. The van der Waals surface area contributed by atoms with Crippen molar-refractivity contribution in [2.75, 3.05) is 38.1 Å².